The zero-order valence-electron chi connectivity index (χ0n) is 17.3. The van der Waals surface area contributed by atoms with E-state index in [2.05, 4.69) is 16.9 Å². The van der Waals surface area contributed by atoms with E-state index in [1.54, 1.807) is 0 Å². The van der Waals surface area contributed by atoms with Crippen LogP contribution in [0.4, 0.5) is 11.4 Å². The van der Waals surface area contributed by atoms with Crippen molar-refractivity contribution in [2.45, 2.75) is 26.7 Å². The first-order valence-corrected chi connectivity index (χ1v) is 10.6. The molecule has 0 bridgehead atoms. The number of piperazine rings is 1. The minimum atomic E-state index is -0.0864. The molecular weight excluding hydrogens is 400 g/mol. The van der Waals surface area contributed by atoms with Gasteiger partial charge in [-0.1, -0.05) is 35.4 Å². The molecule has 0 atom stereocenters. The van der Waals surface area contributed by atoms with Gasteiger partial charge in [-0.25, -0.2) is 5.01 Å². The molecule has 2 aromatic carbocycles. The Morgan fingerprint density at radius 1 is 0.967 bits per heavy atom. The second kappa shape index (κ2) is 8.48. The molecular formula is C23H25ClN4O2. The van der Waals surface area contributed by atoms with Crippen molar-refractivity contribution in [2.24, 2.45) is 5.10 Å². The third-order valence-corrected chi connectivity index (χ3v) is 5.87. The van der Waals surface area contributed by atoms with Gasteiger partial charge in [-0.05, 0) is 43.7 Å². The first kappa shape index (κ1) is 20.4. The van der Waals surface area contributed by atoms with Crippen molar-refractivity contribution < 1.29 is 9.59 Å². The number of halogens is 1. The van der Waals surface area contributed by atoms with Crippen molar-refractivity contribution in [3.63, 3.8) is 0 Å². The smallest absolute Gasteiger partial charge is 0.270 e. The molecule has 4 rings (SSSR count). The predicted molar refractivity (Wildman–Crippen MR) is 120 cm³/mol. The molecule has 1 saturated heterocycles. The van der Waals surface area contributed by atoms with Crippen LogP contribution in [-0.2, 0) is 9.59 Å². The summed E-state index contributed by atoms with van der Waals surface area (Å²) in [4.78, 5) is 29.5. The molecule has 0 aromatic heterocycles. The van der Waals surface area contributed by atoms with Gasteiger partial charge in [-0.3, -0.25) is 9.59 Å². The van der Waals surface area contributed by atoms with Gasteiger partial charge in [-0.2, -0.15) is 5.10 Å². The molecule has 0 spiro atoms. The van der Waals surface area contributed by atoms with Crippen LogP contribution in [0.3, 0.4) is 0 Å². The van der Waals surface area contributed by atoms with Crippen LogP contribution in [0.25, 0.3) is 0 Å². The molecule has 2 aliphatic rings. The Morgan fingerprint density at radius 3 is 2.37 bits per heavy atom. The summed E-state index contributed by atoms with van der Waals surface area (Å²) in [7, 11) is 0. The maximum atomic E-state index is 13.1. The monoisotopic (exact) mass is 424 g/mol. The number of carbonyl (C=O) groups is 2. The fourth-order valence-corrected chi connectivity index (χ4v) is 4.02. The maximum Gasteiger partial charge on any atom is 0.270 e. The van der Waals surface area contributed by atoms with Crippen LogP contribution >= 0.6 is 11.6 Å². The Hall–Kier alpha value is -2.86. The lowest BCUT2D eigenvalue weighted by molar-refractivity contribution is -0.124. The SMILES string of the molecule is Cc1ccc(N2N=C(C(=O)N3CCN(c4cc(Cl)ccc4C)CC3)CCC2=O)cc1. The second-order valence-corrected chi connectivity index (χ2v) is 8.23. The largest absolute Gasteiger partial charge is 0.368 e. The number of anilines is 2. The summed E-state index contributed by atoms with van der Waals surface area (Å²) in [6.07, 6.45) is 0.674. The van der Waals surface area contributed by atoms with E-state index in [1.807, 2.05) is 54.3 Å². The van der Waals surface area contributed by atoms with Crippen molar-refractivity contribution in [3.05, 3.63) is 58.6 Å². The molecule has 156 valence electrons. The first-order chi connectivity index (χ1) is 14.4. The highest BCUT2D eigenvalue weighted by atomic mass is 35.5. The third kappa shape index (κ3) is 4.19. The lowest BCUT2D eigenvalue weighted by Crippen LogP contribution is -2.51. The highest BCUT2D eigenvalue weighted by molar-refractivity contribution is 6.40. The van der Waals surface area contributed by atoms with E-state index in [4.69, 9.17) is 11.6 Å². The third-order valence-electron chi connectivity index (χ3n) is 5.64. The van der Waals surface area contributed by atoms with Gasteiger partial charge in [0.1, 0.15) is 5.71 Å². The number of carbonyl (C=O) groups excluding carboxylic acids is 2. The van der Waals surface area contributed by atoms with Crippen LogP contribution in [0.1, 0.15) is 24.0 Å². The van der Waals surface area contributed by atoms with E-state index in [-0.39, 0.29) is 11.8 Å². The molecule has 0 saturated carbocycles. The minimum absolute atomic E-state index is 0.0814. The molecule has 1 fully saturated rings. The summed E-state index contributed by atoms with van der Waals surface area (Å²) < 4.78 is 0. The van der Waals surface area contributed by atoms with Crippen molar-refractivity contribution in [1.82, 2.24) is 4.90 Å². The van der Waals surface area contributed by atoms with Gasteiger partial charge in [0.15, 0.2) is 0 Å². The molecule has 30 heavy (non-hydrogen) atoms. The van der Waals surface area contributed by atoms with Crippen molar-refractivity contribution in [2.75, 3.05) is 36.1 Å². The average molecular weight is 425 g/mol. The van der Waals surface area contributed by atoms with Gasteiger partial charge in [0.25, 0.3) is 5.91 Å². The summed E-state index contributed by atoms with van der Waals surface area (Å²) in [5.41, 5.74) is 4.53. The minimum Gasteiger partial charge on any atom is -0.368 e. The predicted octanol–water partition coefficient (Wildman–Crippen LogP) is 3.79. The number of amides is 2. The Labute approximate surface area is 181 Å². The highest BCUT2D eigenvalue weighted by Gasteiger charge is 2.30. The topological polar surface area (TPSA) is 56.2 Å². The molecule has 2 aliphatic heterocycles. The lowest BCUT2D eigenvalue weighted by Gasteiger charge is -2.37. The van der Waals surface area contributed by atoms with Gasteiger partial charge in [-0.15, -0.1) is 0 Å². The Balaban J connectivity index is 1.46. The number of aryl methyl sites for hydroxylation is 2. The fraction of sp³-hybridized carbons (Fsp3) is 0.348. The van der Waals surface area contributed by atoms with E-state index in [0.717, 1.165) is 24.3 Å². The van der Waals surface area contributed by atoms with Crippen molar-refractivity contribution in [1.29, 1.82) is 0 Å². The second-order valence-electron chi connectivity index (χ2n) is 7.80. The molecule has 2 amide bonds. The molecule has 2 aromatic rings. The highest BCUT2D eigenvalue weighted by Crippen LogP contribution is 2.26. The Kier molecular flexibility index (Phi) is 5.77. The molecule has 0 N–H and O–H groups in total. The number of benzene rings is 2. The van der Waals surface area contributed by atoms with Gasteiger partial charge in [0.2, 0.25) is 5.91 Å². The average Bonchev–Trinajstić information content (AvgIpc) is 2.76. The van der Waals surface area contributed by atoms with Crippen LogP contribution in [0.5, 0.6) is 0 Å². The normalized spacial score (nSPS) is 17.2. The summed E-state index contributed by atoms with van der Waals surface area (Å²) in [5, 5.41) is 6.50. The van der Waals surface area contributed by atoms with Crippen molar-refractivity contribution >= 4 is 40.5 Å². The van der Waals surface area contributed by atoms with Crippen LogP contribution < -0.4 is 9.91 Å². The van der Waals surface area contributed by atoms with Crippen LogP contribution in [0, 0.1) is 13.8 Å². The van der Waals surface area contributed by atoms with Crippen LogP contribution in [-0.4, -0.2) is 48.6 Å². The van der Waals surface area contributed by atoms with Gasteiger partial charge in [0.05, 0.1) is 5.69 Å². The van der Waals surface area contributed by atoms with E-state index in [0.29, 0.717) is 42.4 Å². The molecule has 7 heteroatoms. The number of nitrogens with zero attached hydrogens (tertiary/aromatic N) is 4. The lowest BCUT2D eigenvalue weighted by atomic mass is 10.1. The quantitative estimate of drug-likeness (QED) is 0.753. The summed E-state index contributed by atoms with van der Waals surface area (Å²) in [5.74, 6) is -0.168. The van der Waals surface area contributed by atoms with Crippen LogP contribution in [0.2, 0.25) is 5.02 Å². The number of hydrazone groups is 1. The van der Waals surface area contributed by atoms with E-state index >= 15 is 0 Å². The number of hydrogen-bond donors (Lipinski definition) is 0. The first-order valence-electron chi connectivity index (χ1n) is 10.2. The standard InChI is InChI=1S/C23H25ClN4O2/c1-16-3-7-19(8-4-16)28-22(29)10-9-20(25-28)23(30)27-13-11-26(12-14-27)21-15-18(24)6-5-17(21)2/h3-8,15H,9-14H2,1-2H3. The zero-order valence-corrected chi connectivity index (χ0v) is 18.0. The summed E-state index contributed by atoms with van der Waals surface area (Å²) >= 11 is 6.16. The Bertz CT molecular complexity index is 995. The number of rotatable bonds is 3. The molecule has 6 nitrogen and oxygen atoms in total. The Morgan fingerprint density at radius 2 is 1.67 bits per heavy atom. The molecule has 0 aliphatic carbocycles. The molecule has 2 heterocycles. The molecule has 0 unspecified atom stereocenters. The van der Waals surface area contributed by atoms with Gasteiger partial charge < -0.3 is 9.80 Å². The van der Waals surface area contributed by atoms with E-state index < -0.39 is 0 Å². The zero-order chi connectivity index (χ0) is 21.3. The summed E-state index contributed by atoms with van der Waals surface area (Å²) in [6, 6.07) is 13.5. The number of hydrogen-bond acceptors (Lipinski definition) is 4. The van der Waals surface area contributed by atoms with Crippen molar-refractivity contribution in [3.8, 4) is 0 Å². The van der Waals surface area contributed by atoms with Gasteiger partial charge >= 0.3 is 0 Å². The van der Waals surface area contributed by atoms with E-state index in [1.165, 1.54) is 10.6 Å². The van der Waals surface area contributed by atoms with E-state index in [9.17, 15) is 9.59 Å². The fourth-order valence-electron chi connectivity index (χ4n) is 3.85. The summed E-state index contributed by atoms with van der Waals surface area (Å²) in [6.45, 7) is 6.76. The van der Waals surface area contributed by atoms with Crippen LogP contribution in [0.15, 0.2) is 47.6 Å². The molecule has 0 radical (unpaired) electrons. The maximum absolute atomic E-state index is 13.1. The van der Waals surface area contributed by atoms with Gasteiger partial charge in [0, 0.05) is 49.7 Å².